The van der Waals surface area contributed by atoms with Gasteiger partial charge in [-0.3, -0.25) is 37.3 Å². The van der Waals surface area contributed by atoms with E-state index in [1.54, 1.807) is 0 Å². The minimum absolute atomic E-state index is 0.0681. The lowest BCUT2D eigenvalue weighted by molar-refractivity contribution is -0.161. The molecule has 0 saturated carbocycles. The van der Waals surface area contributed by atoms with Crippen LogP contribution < -0.4 is 0 Å². The maximum atomic E-state index is 13.1. The fraction of sp³-hybridized carbons (Fsp3) is 0.688. The molecule has 0 radical (unpaired) electrons. The van der Waals surface area contributed by atoms with Crippen LogP contribution in [0.1, 0.15) is 285 Å². The second-order valence-corrected chi connectivity index (χ2v) is 27.0. The molecule has 17 nitrogen and oxygen atoms in total. The molecular weight excluding hydrogens is 1260 g/mol. The highest BCUT2D eigenvalue weighted by Gasteiger charge is 2.30. The Labute approximate surface area is 581 Å². The fourth-order valence-corrected chi connectivity index (χ4v) is 10.8. The summed E-state index contributed by atoms with van der Waals surface area (Å²) in [6, 6.07) is 0. The molecule has 0 spiro atoms. The number of phosphoric ester groups is 2. The summed E-state index contributed by atoms with van der Waals surface area (Å²) in [5, 5.41) is 10.6. The Morgan fingerprint density at radius 1 is 0.302 bits per heavy atom. The van der Waals surface area contributed by atoms with Gasteiger partial charge in [0.2, 0.25) is 0 Å². The van der Waals surface area contributed by atoms with Gasteiger partial charge in [-0.1, -0.05) is 239 Å². The summed E-state index contributed by atoms with van der Waals surface area (Å²) in [5.74, 6) is -2.26. The molecule has 0 aliphatic heterocycles. The maximum absolute atomic E-state index is 13.1. The van der Waals surface area contributed by atoms with E-state index in [9.17, 15) is 43.2 Å². The molecule has 0 saturated heterocycles. The number of hydrogen-bond donors (Lipinski definition) is 3. The fourth-order valence-electron chi connectivity index (χ4n) is 9.24. The van der Waals surface area contributed by atoms with E-state index in [-0.39, 0.29) is 25.7 Å². The molecule has 0 bridgehead atoms. The van der Waals surface area contributed by atoms with E-state index < -0.39 is 97.5 Å². The molecule has 0 aromatic carbocycles. The highest BCUT2D eigenvalue weighted by atomic mass is 31.2. The predicted molar refractivity (Wildman–Crippen MR) is 390 cm³/mol. The lowest BCUT2D eigenvalue weighted by atomic mass is 10.1. The summed E-state index contributed by atoms with van der Waals surface area (Å²) >= 11 is 0. The molecular formula is C77H130O17P2. The first-order valence-corrected chi connectivity index (χ1v) is 39.8. The van der Waals surface area contributed by atoms with Gasteiger partial charge in [0, 0.05) is 25.7 Å². The number of unbranched alkanes of at least 4 members (excludes halogenated alkanes) is 22. The van der Waals surface area contributed by atoms with Gasteiger partial charge in [0.15, 0.2) is 12.2 Å². The second-order valence-electron chi connectivity index (χ2n) is 24.1. The van der Waals surface area contributed by atoms with Crippen molar-refractivity contribution < 1.29 is 80.2 Å². The van der Waals surface area contributed by atoms with E-state index in [1.807, 2.05) is 0 Å². The third-order valence-electron chi connectivity index (χ3n) is 14.8. The topological polar surface area (TPSA) is 237 Å². The monoisotopic (exact) mass is 1390 g/mol. The maximum Gasteiger partial charge on any atom is 0.472 e. The molecule has 0 aromatic heterocycles. The van der Waals surface area contributed by atoms with Crippen LogP contribution in [0.5, 0.6) is 0 Å². The molecule has 5 unspecified atom stereocenters. The highest BCUT2D eigenvalue weighted by molar-refractivity contribution is 7.47. The van der Waals surface area contributed by atoms with Crippen molar-refractivity contribution in [2.75, 3.05) is 39.6 Å². The van der Waals surface area contributed by atoms with Crippen LogP contribution in [0.3, 0.4) is 0 Å². The van der Waals surface area contributed by atoms with Crippen molar-refractivity contribution in [3.8, 4) is 0 Å². The van der Waals surface area contributed by atoms with Crippen LogP contribution in [0, 0.1) is 0 Å². The van der Waals surface area contributed by atoms with Gasteiger partial charge in [-0.2, -0.15) is 0 Å². The molecule has 0 aromatic rings. The molecule has 0 heterocycles. The van der Waals surface area contributed by atoms with Crippen molar-refractivity contribution >= 4 is 39.5 Å². The number of aliphatic hydroxyl groups is 1. The van der Waals surface area contributed by atoms with Crippen LogP contribution in [0.25, 0.3) is 0 Å². The van der Waals surface area contributed by atoms with E-state index in [4.69, 9.17) is 37.0 Å². The van der Waals surface area contributed by atoms with Crippen LogP contribution in [0.4, 0.5) is 0 Å². The number of aliphatic hydroxyl groups excluding tert-OH is 1. The number of rotatable bonds is 68. The van der Waals surface area contributed by atoms with Gasteiger partial charge in [0.05, 0.1) is 26.4 Å². The minimum atomic E-state index is -4.99. The third-order valence-corrected chi connectivity index (χ3v) is 16.7. The van der Waals surface area contributed by atoms with Crippen LogP contribution >= 0.6 is 15.6 Å². The molecule has 0 rings (SSSR count). The smallest absolute Gasteiger partial charge is 0.462 e. The lowest BCUT2D eigenvalue weighted by Crippen LogP contribution is -2.30. The zero-order chi connectivity index (χ0) is 70.4. The zero-order valence-electron chi connectivity index (χ0n) is 59.8. The number of allylic oxidation sites excluding steroid dienone is 20. The van der Waals surface area contributed by atoms with Gasteiger partial charge >= 0.3 is 39.5 Å². The first-order valence-electron chi connectivity index (χ1n) is 36.8. The van der Waals surface area contributed by atoms with Gasteiger partial charge < -0.3 is 33.8 Å². The minimum Gasteiger partial charge on any atom is -0.462 e. The van der Waals surface area contributed by atoms with Crippen LogP contribution in [0.15, 0.2) is 122 Å². The number of hydrogen-bond acceptors (Lipinski definition) is 15. The summed E-state index contributed by atoms with van der Waals surface area (Å²) in [6.45, 7) is 4.49. The first kappa shape index (κ1) is 91.5. The SMILES string of the molecule is CC/C=C\C/C=C\C/C=C\C/C=C\C/C=C\CCCCCC(=O)OCC(COP(=O)(O)OCC(O)COP(=O)(O)OCC(COC(=O)CCCCCCC/C=C\C/C=C\CCC)OC(=O)CCCCCCC/C=C\CCCC)OC(=O)CCCCCCC/C=C\C/C=C\CCC. The van der Waals surface area contributed by atoms with Crippen molar-refractivity contribution in [2.45, 2.75) is 303 Å². The zero-order valence-corrected chi connectivity index (χ0v) is 61.5. The Hall–Kier alpha value is -4.54. The van der Waals surface area contributed by atoms with E-state index in [2.05, 4.69) is 149 Å². The molecule has 0 amide bonds. The molecule has 0 aliphatic rings. The summed E-state index contributed by atoms with van der Waals surface area (Å²) in [7, 11) is -9.96. The van der Waals surface area contributed by atoms with E-state index in [0.717, 1.165) is 193 Å². The molecule has 19 heteroatoms. The first-order chi connectivity index (χ1) is 46.7. The van der Waals surface area contributed by atoms with Crippen molar-refractivity contribution in [1.82, 2.24) is 0 Å². The van der Waals surface area contributed by atoms with Crippen molar-refractivity contribution in [3.05, 3.63) is 122 Å². The van der Waals surface area contributed by atoms with Gasteiger partial charge in [0.1, 0.15) is 19.3 Å². The van der Waals surface area contributed by atoms with Gasteiger partial charge in [-0.05, 0) is 141 Å². The van der Waals surface area contributed by atoms with Gasteiger partial charge in [-0.25, -0.2) is 9.13 Å². The third kappa shape index (κ3) is 68.0. The lowest BCUT2D eigenvalue weighted by Gasteiger charge is -2.21. The van der Waals surface area contributed by atoms with Gasteiger partial charge in [-0.15, -0.1) is 0 Å². The molecule has 96 heavy (non-hydrogen) atoms. The standard InChI is InChI=1S/C77H130O17P2/c1-5-9-13-17-21-25-29-32-33-34-35-36-37-40-43-46-50-54-58-62-75(80)88-68-73(94-77(82)64-60-56-52-48-44-39-31-27-23-19-15-11-7-3)70-92-96(85,86)90-66-71(78)65-89-95(83,84)91-69-72(93-76(81)63-59-55-51-47-41-28-24-20-16-12-8-4)67-87-74(79)61-57-53-49-45-42-38-30-26-22-18-14-10-6-2/h9,13-15,18-21,24-27,30-33,35-36,40,43,71-73,78H,5-8,10-12,16-17,22-23,28-29,34,37-39,41-42,44-70H2,1-4H3,(H,83,84)(H,85,86)/b13-9-,18-14-,19-15-,24-20-,25-21-,30-26-,31-27-,33-32-,36-35-,43-40-. The summed E-state index contributed by atoms with van der Waals surface area (Å²) in [6.07, 6.45) is 73.5. The van der Waals surface area contributed by atoms with Crippen molar-refractivity contribution in [2.24, 2.45) is 0 Å². The average Bonchev–Trinajstić information content (AvgIpc) is 1.17. The number of ether oxygens (including phenoxy) is 4. The van der Waals surface area contributed by atoms with Gasteiger partial charge in [0.25, 0.3) is 0 Å². The Morgan fingerprint density at radius 3 is 0.896 bits per heavy atom. The molecule has 3 N–H and O–H groups in total. The van der Waals surface area contributed by atoms with Crippen LogP contribution in [-0.4, -0.2) is 96.7 Å². The summed E-state index contributed by atoms with van der Waals surface area (Å²) < 4.78 is 68.3. The van der Waals surface area contributed by atoms with Crippen molar-refractivity contribution in [3.63, 3.8) is 0 Å². The molecule has 0 fully saturated rings. The quantitative estimate of drug-likeness (QED) is 0.0169. The van der Waals surface area contributed by atoms with Crippen LogP contribution in [-0.2, 0) is 65.4 Å². The predicted octanol–water partition coefficient (Wildman–Crippen LogP) is 20.8. The second kappa shape index (κ2) is 69.0. The molecule has 550 valence electrons. The number of carbonyl (C=O) groups is 4. The van der Waals surface area contributed by atoms with Crippen molar-refractivity contribution in [1.29, 1.82) is 0 Å². The number of carbonyl (C=O) groups excluding carboxylic acids is 4. The summed E-state index contributed by atoms with van der Waals surface area (Å²) in [4.78, 5) is 72.7. The Bertz CT molecular complexity index is 2300. The van der Waals surface area contributed by atoms with E-state index >= 15 is 0 Å². The largest absolute Gasteiger partial charge is 0.472 e. The normalized spacial score (nSPS) is 14.7. The van der Waals surface area contributed by atoms with E-state index in [0.29, 0.717) is 25.7 Å². The van der Waals surface area contributed by atoms with Crippen LogP contribution in [0.2, 0.25) is 0 Å². The molecule has 5 atom stereocenters. The average molecular weight is 1390 g/mol. The number of esters is 4. The molecule has 0 aliphatic carbocycles. The number of phosphoric acid groups is 2. The Balaban J connectivity index is 5.36. The van der Waals surface area contributed by atoms with E-state index in [1.165, 1.54) is 12.8 Å². The Kier molecular flexibility index (Phi) is 65.7. The summed E-state index contributed by atoms with van der Waals surface area (Å²) in [5.41, 5.74) is 0. The highest BCUT2D eigenvalue weighted by Crippen LogP contribution is 2.45. The Morgan fingerprint density at radius 2 is 0.562 bits per heavy atom.